The van der Waals surface area contributed by atoms with Crippen LogP contribution in [-0.2, 0) is 16.0 Å². The number of rotatable bonds is 9. The van der Waals surface area contributed by atoms with Crippen LogP contribution in [0.25, 0.3) is 10.1 Å². The summed E-state index contributed by atoms with van der Waals surface area (Å²) in [7, 11) is 1.58. The summed E-state index contributed by atoms with van der Waals surface area (Å²) >= 11 is 1.46. The van der Waals surface area contributed by atoms with E-state index in [2.05, 4.69) is 13.2 Å². The minimum atomic E-state index is -4.52. The summed E-state index contributed by atoms with van der Waals surface area (Å²) in [6.45, 7) is 8.62. The Hall–Kier alpha value is -2.74. The van der Waals surface area contributed by atoms with Gasteiger partial charge in [-0.15, -0.1) is 11.3 Å². The summed E-state index contributed by atoms with van der Waals surface area (Å²) in [4.78, 5) is 13.1. The Kier molecular flexibility index (Phi) is 7.50. The van der Waals surface area contributed by atoms with Gasteiger partial charge in [0.25, 0.3) is 0 Å². The van der Waals surface area contributed by atoms with Gasteiger partial charge in [0.2, 0.25) is 0 Å². The van der Waals surface area contributed by atoms with Crippen LogP contribution in [0.1, 0.15) is 12.5 Å². The van der Waals surface area contributed by atoms with Crippen molar-refractivity contribution in [2.75, 3.05) is 20.3 Å². The van der Waals surface area contributed by atoms with E-state index in [1.54, 1.807) is 26.1 Å². The van der Waals surface area contributed by atoms with Crippen LogP contribution in [0.4, 0.5) is 13.2 Å². The SMILES string of the molecule is C=CN(C)C(=CC(=C)C(F)(F)F)COc1ccc2c(CC(=O)OCC)csc2c1. The molecule has 0 fully saturated rings. The van der Waals surface area contributed by atoms with Crippen molar-refractivity contribution in [3.63, 3.8) is 0 Å². The van der Waals surface area contributed by atoms with Crippen LogP contribution in [-0.4, -0.2) is 37.3 Å². The molecule has 2 rings (SSSR count). The van der Waals surface area contributed by atoms with Gasteiger partial charge in [-0.25, -0.2) is 0 Å². The molecule has 0 radical (unpaired) electrons. The molecule has 29 heavy (non-hydrogen) atoms. The molecule has 156 valence electrons. The minimum absolute atomic E-state index is 0.0931. The second-order valence-electron chi connectivity index (χ2n) is 6.14. The van der Waals surface area contributed by atoms with Crippen LogP contribution in [0.15, 0.2) is 60.3 Å². The van der Waals surface area contributed by atoms with Crippen molar-refractivity contribution < 1.29 is 27.4 Å². The standard InChI is InChI=1S/C21H22F3NO3S/c1-5-25(4)16(9-14(3)21(22,23)24)12-28-17-7-8-18-15(10-20(26)27-6-2)13-29-19(18)11-17/h5,7-9,11,13H,1,3,6,10,12H2,2,4H3. The minimum Gasteiger partial charge on any atom is -0.487 e. The molecule has 1 heterocycles. The number of hydrogen-bond donors (Lipinski definition) is 0. The van der Waals surface area contributed by atoms with Gasteiger partial charge in [-0.3, -0.25) is 4.79 Å². The van der Waals surface area contributed by atoms with Crippen molar-refractivity contribution in [3.05, 3.63) is 65.8 Å². The number of carbonyl (C=O) groups excluding carboxylic acids is 1. The largest absolute Gasteiger partial charge is 0.487 e. The van der Waals surface area contributed by atoms with Crippen LogP contribution in [0.5, 0.6) is 5.75 Å². The summed E-state index contributed by atoms with van der Waals surface area (Å²) < 4.78 is 50.0. The van der Waals surface area contributed by atoms with Crippen molar-refractivity contribution in [1.29, 1.82) is 0 Å². The van der Waals surface area contributed by atoms with E-state index in [0.717, 1.165) is 21.7 Å². The lowest BCUT2D eigenvalue weighted by Gasteiger charge is -2.20. The Morgan fingerprint density at radius 1 is 1.34 bits per heavy atom. The van der Waals surface area contributed by atoms with Crippen molar-refractivity contribution in [3.8, 4) is 5.75 Å². The Bertz CT molecular complexity index is 931. The number of nitrogens with zero attached hydrogens (tertiary/aromatic N) is 1. The van der Waals surface area contributed by atoms with Gasteiger partial charge in [0, 0.05) is 11.7 Å². The van der Waals surface area contributed by atoms with Gasteiger partial charge in [0.1, 0.15) is 12.4 Å². The van der Waals surface area contributed by atoms with Crippen molar-refractivity contribution in [2.45, 2.75) is 19.5 Å². The number of alkyl halides is 3. The van der Waals surface area contributed by atoms with E-state index >= 15 is 0 Å². The first-order chi connectivity index (χ1) is 13.7. The monoisotopic (exact) mass is 425 g/mol. The van der Waals surface area contributed by atoms with E-state index < -0.39 is 11.7 Å². The maximum absolute atomic E-state index is 12.8. The van der Waals surface area contributed by atoms with Gasteiger partial charge in [-0.1, -0.05) is 13.2 Å². The summed E-state index contributed by atoms with van der Waals surface area (Å²) in [5, 5.41) is 2.80. The van der Waals surface area contributed by atoms with E-state index in [-0.39, 0.29) is 24.7 Å². The molecule has 0 amide bonds. The van der Waals surface area contributed by atoms with E-state index in [0.29, 0.717) is 12.4 Å². The maximum Gasteiger partial charge on any atom is 0.415 e. The highest BCUT2D eigenvalue weighted by molar-refractivity contribution is 7.17. The predicted octanol–water partition coefficient (Wildman–Crippen LogP) is 5.46. The smallest absolute Gasteiger partial charge is 0.415 e. The average Bonchev–Trinajstić information content (AvgIpc) is 3.05. The Labute approximate surface area is 171 Å². The number of likely N-dealkylation sites (N-methyl/N-ethyl adjacent to an activating group) is 1. The molecule has 0 saturated carbocycles. The number of ether oxygens (including phenoxy) is 2. The van der Waals surface area contributed by atoms with E-state index in [9.17, 15) is 18.0 Å². The molecule has 0 unspecified atom stereocenters. The van der Waals surface area contributed by atoms with Crippen molar-refractivity contribution >= 4 is 27.4 Å². The fourth-order valence-electron chi connectivity index (χ4n) is 2.46. The summed E-state index contributed by atoms with van der Waals surface area (Å²) in [6, 6.07) is 5.33. The summed E-state index contributed by atoms with van der Waals surface area (Å²) in [5.41, 5.74) is 0.155. The quantitative estimate of drug-likeness (QED) is 0.395. The zero-order valence-electron chi connectivity index (χ0n) is 16.2. The zero-order chi connectivity index (χ0) is 21.6. The first-order valence-electron chi connectivity index (χ1n) is 8.76. The average molecular weight is 425 g/mol. The molecule has 0 atom stereocenters. The molecule has 0 aliphatic heterocycles. The van der Waals surface area contributed by atoms with Gasteiger partial charge in [0.15, 0.2) is 0 Å². The Balaban J connectivity index is 2.16. The number of thiophene rings is 1. The van der Waals surface area contributed by atoms with Gasteiger partial charge in [0.05, 0.1) is 24.3 Å². The highest BCUT2D eigenvalue weighted by atomic mass is 32.1. The topological polar surface area (TPSA) is 38.8 Å². The van der Waals surface area contributed by atoms with Crippen LogP contribution in [0.2, 0.25) is 0 Å². The van der Waals surface area contributed by atoms with Gasteiger partial charge in [-0.2, -0.15) is 13.2 Å². The van der Waals surface area contributed by atoms with E-state index in [1.165, 1.54) is 22.4 Å². The van der Waals surface area contributed by atoms with E-state index in [4.69, 9.17) is 9.47 Å². The van der Waals surface area contributed by atoms with Gasteiger partial charge >= 0.3 is 12.1 Å². The first-order valence-corrected chi connectivity index (χ1v) is 9.64. The molecular formula is C21H22F3NO3S. The number of esters is 1. The lowest BCUT2D eigenvalue weighted by Crippen LogP contribution is -2.19. The second-order valence-corrected chi connectivity index (χ2v) is 7.05. The molecule has 0 bridgehead atoms. The predicted molar refractivity (Wildman–Crippen MR) is 109 cm³/mol. The normalized spacial score (nSPS) is 12.0. The number of hydrogen-bond acceptors (Lipinski definition) is 5. The Morgan fingerprint density at radius 2 is 2.07 bits per heavy atom. The molecule has 0 saturated heterocycles. The highest BCUT2D eigenvalue weighted by Gasteiger charge is 2.30. The van der Waals surface area contributed by atoms with Crippen molar-refractivity contribution in [1.82, 2.24) is 4.90 Å². The molecular weight excluding hydrogens is 403 g/mol. The third-order valence-electron chi connectivity index (χ3n) is 4.09. The number of fused-ring (bicyclic) bond motifs is 1. The lowest BCUT2D eigenvalue weighted by atomic mass is 10.1. The molecule has 0 aliphatic rings. The highest BCUT2D eigenvalue weighted by Crippen LogP contribution is 2.31. The first kappa shape index (κ1) is 22.5. The molecule has 0 aliphatic carbocycles. The third kappa shape index (κ3) is 6.12. The number of halogens is 3. The van der Waals surface area contributed by atoms with Crippen molar-refractivity contribution in [2.24, 2.45) is 0 Å². The van der Waals surface area contributed by atoms with Crippen LogP contribution in [0, 0.1) is 0 Å². The van der Waals surface area contributed by atoms with Crippen LogP contribution in [0.3, 0.4) is 0 Å². The maximum atomic E-state index is 12.8. The molecule has 8 heteroatoms. The molecule has 1 aromatic carbocycles. The number of carbonyl (C=O) groups is 1. The van der Waals surface area contributed by atoms with Gasteiger partial charge in [-0.05, 0) is 53.7 Å². The molecule has 2 aromatic rings. The molecule has 1 aromatic heterocycles. The lowest BCUT2D eigenvalue weighted by molar-refractivity contribution is -0.142. The number of allylic oxidation sites excluding steroid dienone is 2. The molecule has 4 nitrogen and oxygen atoms in total. The summed E-state index contributed by atoms with van der Waals surface area (Å²) in [6.07, 6.45) is -2.01. The molecule has 0 spiro atoms. The fourth-order valence-corrected chi connectivity index (χ4v) is 3.45. The second kappa shape index (κ2) is 9.65. The zero-order valence-corrected chi connectivity index (χ0v) is 17.0. The fraction of sp³-hybridized carbons (Fsp3) is 0.286. The van der Waals surface area contributed by atoms with Crippen LogP contribution >= 0.6 is 11.3 Å². The Morgan fingerprint density at radius 3 is 2.69 bits per heavy atom. The number of benzene rings is 1. The van der Waals surface area contributed by atoms with Gasteiger partial charge < -0.3 is 14.4 Å². The molecule has 0 N–H and O–H groups in total. The van der Waals surface area contributed by atoms with Crippen LogP contribution < -0.4 is 4.74 Å². The van der Waals surface area contributed by atoms with E-state index in [1.807, 2.05) is 11.4 Å². The summed E-state index contributed by atoms with van der Waals surface area (Å²) in [5.74, 6) is 0.211. The third-order valence-corrected chi connectivity index (χ3v) is 5.08.